The number of allylic oxidation sites excluding steroid dienone is 2. The number of ketones is 1. The highest BCUT2D eigenvalue weighted by molar-refractivity contribution is 6.66. The molecule has 2 aromatic carbocycles. The Morgan fingerprint density at radius 1 is 0.825 bits per heavy atom. The second-order valence-electron chi connectivity index (χ2n) is 9.21. The molecule has 3 aliphatic rings. The smallest absolute Gasteiger partial charge is 0.273 e. The number of halogens is 8. The van der Waals surface area contributed by atoms with Crippen molar-refractivity contribution in [2.75, 3.05) is 13.7 Å². The van der Waals surface area contributed by atoms with Gasteiger partial charge in [0.2, 0.25) is 0 Å². The van der Waals surface area contributed by atoms with Gasteiger partial charge in [-0.3, -0.25) is 19.2 Å². The number of hydrogen-bond donors (Lipinski definition) is 0. The number of imide groups is 1. The highest BCUT2D eigenvalue weighted by Gasteiger charge is 2.88. The Kier molecular flexibility index (Phi) is 7.58. The molecule has 15 heteroatoms. The molecule has 4 atom stereocenters. The van der Waals surface area contributed by atoms with Crippen LogP contribution < -0.4 is 4.74 Å². The standard InChI is InChI=1S/C25H14Cl8N2O5/c1-40-12-5-2-10(3-6-12)15(36)9-34(20(37)11-4-7-13(26)14(27)8-11)35-21(38)16-17(22(35)39)24(31)19(29)18(28)23(16,30)25(24,32)33/h2-8,16-17H,9H2,1H3/t16-,17-,23-,24-/m1/s1. The Balaban J connectivity index is 1.59. The number of hydrazine groups is 1. The molecule has 0 aromatic heterocycles. The minimum absolute atomic E-state index is 0.0270. The molecule has 2 aliphatic carbocycles. The summed E-state index contributed by atoms with van der Waals surface area (Å²) >= 11 is 51.5. The second-order valence-corrected chi connectivity index (χ2v) is 13.3. The summed E-state index contributed by atoms with van der Waals surface area (Å²) in [6, 6.07) is 9.91. The highest BCUT2D eigenvalue weighted by atomic mass is 35.5. The monoisotopic (exact) mass is 702 g/mol. The molecule has 3 amide bonds. The van der Waals surface area contributed by atoms with E-state index in [1.807, 2.05) is 0 Å². The summed E-state index contributed by atoms with van der Waals surface area (Å²) in [5.41, 5.74) is 0.0972. The predicted octanol–water partition coefficient (Wildman–Crippen LogP) is 6.69. The number of fused-ring (bicyclic) bond motifs is 5. The zero-order valence-electron chi connectivity index (χ0n) is 19.9. The van der Waals surface area contributed by atoms with Gasteiger partial charge >= 0.3 is 0 Å². The summed E-state index contributed by atoms with van der Waals surface area (Å²) in [6.07, 6.45) is 0. The van der Waals surface area contributed by atoms with Crippen molar-refractivity contribution in [2.24, 2.45) is 11.8 Å². The first-order chi connectivity index (χ1) is 18.6. The van der Waals surface area contributed by atoms with E-state index in [0.717, 1.165) is 0 Å². The average molecular weight is 706 g/mol. The molecule has 2 fully saturated rings. The number of rotatable bonds is 6. The van der Waals surface area contributed by atoms with Crippen LogP contribution in [0.4, 0.5) is 0 Å². The van der Waals surface area contributed by atoms with Crippen LogP contribution in [0.2, 0.25) is 10.0 Å². The van der Waals surface area contributed by atoms with Gasteiger partial charge in [0, 0.05) is 11.1 Å². The Morgan fingerprint density at radius 2 is 1.32 bits per heavy atom. The first kappa shape index (κ1) is 30.1. The van der Waals surface area contributed by atoms with E-state index in [1.165, 1.54) is 49.6 Å². The third kappa shape index (κ3) is 3.86. The molecule has 1 aliphatic heterocycles. The van der Waals surface area contributed by atoms with E-state index in [-0.39, 0.29) is 31.2 Å². The van der Waals surface area contributed by atoms with Crippen LogP contribution in [0, 0.1) is 11.8 Å². The number of alkyl halides is 4. The molecule has 210 valence electrons. The fourth-order valence-corrected chi connectivity index (χ4v) is 8.46. The van der Waals surface area contributed by atoms with E-state index < -0.39 is 56.0 Å². The predicted molar refractivity (Wildman–Crippen MR) is 154 cm³/mol. The normalized spacial score (nSPS) is 28.3. The van der Waals surface area contributed by atoms with Crippen molar-refractivity contribution in [1.29, 1.82) is 0 Å². The average Bonchev–Trinajstić information content (AvgIpc) is 3.31. The van der Waals surface area contributed by atoms with Crippen LogP contribution in [-0.4, -0.2) is 61.3 Å². The molecule has 40 heavy (non-hydrogen) atoms. The number of methoxy groups -OCH3 is 1. The van der Waals surface area contributed by atoms with Crippen molar-refractivity contribution in [2.45, 2.75) is 14.1 Å². The molecule has 0 radical (unpaired) electrons. The molecular weight excluding hydrogens is 692 g/mol. The summed E-state index contributed by atoms with van der Waals surface area (Å²) in [6.45, 7) is -0.741. The molecule has 1 heterocycles. The SMILES string of the molecule is COc1ccc(C(=O)CN(C(=O)c2ccc(Cl)c(Cl)c2)N2C(=O)[C@H]3[C@H](C2=O)[C@@]2(Cl)C(Cl)=C(Cl)[C@@]3(Cl)C2(Cl)Cl)cc1. The first-order valence-corrected chi connectivity index (χ1v) is 14.3. The molecule has 5 rings (SSSR count). The molecule has 0 unspecified atom stereocenters. The lowest BCUT2D eigenvalue weighted by Gasteiger charge is -2.36. The van der Waals surface area contributed by atoms with E-state index in [1.54, 1.807) is 0 Å². The minimum Gasteiger partial charge on any atom is -0.497 e. The molecule has 1 saturated carbocycles. The number of carbonyl (C=O) groups excluding carboxylic acids is 4. The van der Waals surface area contributed by atoms with Crippen LogP contribution in [0.3, 0.4) is 0 Å². The first-order valence-electron chi connectivity index (χ1n) is 11.3. The minimum atomic E-state index is -2.17. The quantitative estimate of drug-likeness (QED) is 0.190. The van der Waals surface area contributed by atoms with Gasteiger partial charge in [-0.25, -0.2) is 5.01 Å². The third-order valence-corrected chi connectivity index (χ3v) is 12.2. The lowest BCUT2D eigenvalue weighted by Crippen LogP contribution is -2.56. The van der Waals surface area contributed by atoms with Gasteiger partial charge < -0.3 is 4.74 Å². The Bertz CT molecular complexity index is 1480. The van der Waals surface area contributed by atoms with Crippen LogP contribution >= 0.6 is 92.8 Å². The van der Waals surface area contributed by atoms with Gasteiger partial charge in [-0.1, -0.05) is 69.6 Å². The maximum absolute atomic E-state index is 13.9. The molecule has 0 N–H and O–H groups in total. The number of ether oxygens (including phenoxy) is 1. The Hall–Kier alpha value is -1.42. The number of carbonyl (C=O) groups is 4. The van der Waals surface area contributed by atoms with Crippen molar-refractivity contribution < 1.29 is 23.9 Å². The van der Waals surface area contributed by atoms with Crippen LogP contribution in [-0.2, 0) is 9.59 Å². The molecule has 2 bridgehead atoms. The third-order valence-electron chi connectivity index (χ3n) is 7.23. The lowest BCUT2D eigenvalue weighted by molar-refractivity contribution is -0.154. The van der Waals surface area contributed by atoms with Gasteiger partial charge in [0.1, 0.15) is 22.0 Å². The van der Waals surface area contributed by atoms with Crippen LogP contribution in [0.25, 0.3) is 0 Å². The molecule has 1 saturated heterocycles. The van der Waals surface area contributed by atoms with Gasteiger partial charge in [0.15, 0.2) is 10.1 Å². The van der Waals surface area contributed by atoms with E-state index >= 15 is 0 Å². The maximum Gasteiger partial charge on any atom is 0.273 e. The maximum atomic E-state index is 13.9. The zero-order chi connectivity index (χ0) is 29.5. The van der Waals surface area contributed by atoms with Crippen LogP contribution in [0.5, 0.6) is 5.75 Å². The van der Waals surface area contributed by atoms with Gasteiger partial charge in [-0.15, -0.1) is 23.2 Å². The van der Waals surface area contributed by atoms with Crippen LogP contribution in [0.15, 0.2) is 52.5 Å². The fraction of sp³-hybridized carbons (Fsp3) is 0.280. The lowest BCUT2D eigenvalue weighted by atomic mass is 9.84. The molecule has 7 nitrogen and oxygen atoms in total. The number of hydrogen-bond acceptors (Lipinski definition) is 5. The van der Waals surface area contributed by atoms with Crippen molar-refractivity contribution in [3.05, 3.63) is 73.7 Å². The van der Waals surface area contributed by atoms with Gasteiger partial charge in [0.05, 0.1) is 39.1 Å². The van der Waals surface area contributed by atoms with Gasteiger partial charge in [0.25, 0.3) is 17.7 Å². The Morgan fingerprint density at radius 3 is 1.80 bits per heavy atom. The topological polar surface area (TPSA) is 84.0 Å². The number of amides is 3. The van der Waals surface area contributed by atoms with Crippen LogP contribution in [0.1, 0.15) is 20.7 Å². The van der Waals surface area contributed by atoms with Gasteiger partial charge in [-0.05, 0) is 42.5 Å². The summed E-state index contributed by atoms with van der Waals surface area (Å²) in [5.74, 6) is -6.08. The van der Waals surface area contributed by atoms with E-state index in [2.05, 4.69) is 0 Å². The van der Waals surface area contributed by atoms with E-state index in [9.17, 15) is 19.2 Å². The van der Waals surface area contributed by atoms with Crippen molar-refractivity contribution in [1.82, 2.24) is 10.0 Å². The zero-order valence-corrected chi connectivity index (χ0v) is 25.9. The van der Waals surface area contributed by atoms with Crippen molar-refractivity contribution in [3.8, 4) is 5.75 Å². The van der Waals surface area contributed by atoms with E-state index in [4.69, 9.17) is 97.5 Å². The molecule has 2 aromatic rings. The second kappa shape index (κ2) is 10.1. The molecule has 0 spiro atoms. The van der Waals surface area contributed by atoms with E-state index in [0.29, 0.717) is 15.8 Å². The summed E-state index contributed by atoms with van der Waals surface area (Å²) in [4.78, 5) is 50.8. The summed E-state index contributed by atoms with van der Waals surface area (Å²) in [5, 5.41) is 0.787. The number of benzene rings is 2. The van der Waals surface area contributed by atoms with Gasteiger partial charge in [-0.2, -0.15) is 5.01 Å². The summed E-state index contributed by atoms with van der Waals surface area (Å²) < 4.78 is 2.94. The Labute approximate surface area is 267 Å². The number of nitrogens with zero attached hydrogens (tertiary/aromatic N) is 2. The number of Topliss-reactive ketones (excluding diaryl/α,β-unsaturated/α-hetero) is 1. The van der Waals surface area contributed by atoms with Crippen molar-refractivity contribution in [3.63, 3.8) is 0 Å². The molecular formula is C25H14Cl8N2O5. The van der Waals surface area contributed by atoms with Crippen molar-refractivity contribution >= 4 is 116 Å². The fourth-order valence-electron chi connectivity index (χ4n) is 5.23. The summed E-state index contributed by atoms with van der Waals surface area (Å²) in [7, 11) is 1.46. The largest absolute Gasteiger partial charge is 0.497 e. The highest BCUT2D eigenvalue weighted by Crippen LogP contribution is 2.77.